The van der Waals surface area contributed by atoms with Crippen molar-refractivity contribution in [3.8, 4) is 0 Å². The van der Waals surface area contributed by atoms with Gasteiger partial charge in [0.05, 0.1) is 6.54 Å². The second kappa shape index (κ2) is 4.11. The van der Waals surface area contributed by atoms with E-state index in [1.54, 1.807) is 6.33 Å². The minimum Gasteiger partial charge on any atom is -0.306 e. The van der Waals surface area contributed by atoms with E-state index < -0.39 is 0 Å². The summed E-state index contributed by atoms with van der Waals surface area (Å²) in [5, 5.41) is 10.9. The van der Waals surface area contributed by atoms with Gasteiger partial charge in [0.2, 0.25) is 0 Å². The van der Waals surface area contributed by atoms with E-state index in [2.05, 4.69) is 27.4 Å². The van der Waals surface area contributed by atoms with E-state index in [9.17, 15) is 0 Å². The highest BCUT2D eigenvalue weighted by molar-refractivity contribution is 8.00. The molecular weight excluding hydrogens is 184 g/mol. The van der Waals surface area contributed by atoms with Crippen LogP contribution in [-0.4, -0.2) is 32.2 Å². The molecule has 0 radical (unpaired) electrons. The van der Waals surface area contributed by atoms with E-state index in [0.717, 1.165) is 17.6 Å². The molecule has 0 saturated carbocycles. The van der Waals surface area contributed by atoms with Crippen molar-refractivity contribution >= 4 is 11.8 Å². The van der Waals surface area contributed by atoms with Crippen LogP contribution in [0.25, 0.3) is 0 Å². The molecule has 0 spiro atoms. The van der Waals surface area contributed by atoms with Crippen LogP contribution in [0, 0.1) is 0 Å². The molecule has 1 aromatic heterocycles. The Balaban J connectivity index is 1.79. The molecule has 0 aromatic carbocycles. The lowest BCUT2D eigenvalue weighted by Gasteiger charge is -2.14. The Kier molecular flexibility index (Phi) is 2.85. The standard InChI is InChI=1S/C8H14N4S/c1-6-7(2-3-13-6)9-4-8-10-5-11-12-8/h5-7,9H,2-4H2,1H3,(H,10,11,12). The summed E-state index contributed by atoms with van der Waals surface area (Å²) in [6, 6.07) is 0.634. The van der Waals surface area contributed by atoms with E-state index in [0.29, 0.717) is 6.04 Å². The fraction of sp³-hybridized carbons (Fsp3) is 0.750. The minimum absolute atomic E-state index is 0.634. The van der Waals surface area contributed by atoms with Gasteiger partial charge in [-0.2, -0.15) is 16.9 Å². The van der Waals surface area contributed by atoms with Crippen molar-refractivity contribution in [1.29, 1.82) is 0 Å². The monoisotopic (exact) mass is 198 g/mol. The Bertz CT molecular complexity index is 249. The molecule has 2 N–H and O–H groups in total. The number of thioether (sulfide) groups is 1. The number of nitrogens with zero attached hydrogens (tertiary/aromatic N) is 2. The highest BCUT2D eigenvalue weighted by Crippen LogP contribution is 2.26. The zero-order valence-electron chi connectivity index (χ0n) is 7.66. The van der Waals surface area contributed by atoms with Crippen LogP contribution in [-0.2, 0) is 6.54 Å². The van der Waals surface area contributed by atoms with Crippen LogP contribution in [0.4, 0.5) is 0 Å². The first kappa shape index (κ1) is 9.02. The Hall–Kier alpha value is -0.550. The number of aromatic nitrogens is 3. The first-order valence-corrected chi connectivity index (χ1v) is 5.60. The molecule has 2 heterocycles. The molecule has 13 heavy (non-hydrogen) atoms. The van der Waals surface area contributed by atoms with Gasteiger partial charge in [-0.15, -0.1) is 0 Å². The molecule has 5 heteroatoms. The number of H-pyrrole nitrogens is 1. The van der Waals surface area contributed by atoms with Crippen LogP contribution < -0.4 is 5.32 Å². The largest absolute Gasteiger partial charge is 0.306 e. The smallest absolute Gasteiger partial charge is 0.138 e. The van der Waals surface area contributed by atoms with E-state index in [4.69, 9.17) is 0 Å². The molecule has 0 amide bonds. The zero-order chi connectivity index (χ0) is 9.10. The number of rotatable bonds is 3. The second-order valence-corrected chi connectivity index (χ2v) is 4.77. The second-order valence-electron chi connectivity index (χ2n) is 3.28. The van der Waals surface area contributed by atoms with E-state index in [1.165, 1.54) is 12.2 Å². The summed E-state index contributed by atoms with van der Waals surface area (Å²) >= 11 is 2.03. The van der Waals surface area contributed by atoms with Crippen LogP contribution >= 0.6 is 11.8 Å². The van der Waals surface area contributed by atoms with Gasteiger partial charge in [-0.1, -0.05) is 6.92 Å². The van der Waals surface area contributed by atoms with Crippen molar-refractivity contribution in [2.45, 2.75) is 31.2 Å². The van der Waals surface area contributed by atoms with Crippen LogP contribution in [0.5, 0.6) is 0 Å². The molecule has 1 aromatic rings. The topological polar surface area (TPSA) is 53.6 Å². The van der Waals surface area contributed by atoms with Gasteiger partial charge in [-0.25, -0.2) is 4.98 Å². The average Bonchev–Trinajstić information content (AvgIpc) is 2.72. The van der Waals surface area contributed by atoms with Crippen LogP contribution in [0.3, 0.4) is 0 Å². The summed E-state index contributed by atoms with van der Waals surface area (Å²) in [6.45, 7) is 3.07. The maximum Gasteiger partial charge on any atom is 0.138 e. The van der Waals surface area contributed by atoms with E-state index >= 15 is 0 Å². The summed E-state index contributed by atoms with van der Waals surface area (Å²) in [7, 11) is 0. The lowest BCUT2D eigenvalue weighted by atomic mass is 10.2. The third-order valence-corrected chi connectivity index (χ3v) is 3.70. The minimum atomic E-state index is 0.634. The molecule has 1 fully saturated rings. The third kappa shape index (κ3) is 2.22. The number of hydrogen-bond donors (Lipinski definition) is 2. The Morgan fingerprint density at radius 2 is 2.69 bits per heavy atom. The summed E-state index contributed by atoms with van der Waals surface area (Å²) < 4.78 is 0. The maximum absolute atomic E-state index is 4.07. The molecular formula is C8H14N4S. The molecule has 2 atom stereocenters. The van der Waals surface area contributed by atoms with Crippen LogP contribution in [0.15, 0.2) is 6.33 Å². The van der Waals surface area contributed by atoms with Crippen LogP contribution in [0.2, 0.25) is 0 Å². The SMILES string of the molecule is CC1SCCC1NCc1ncn[nH]1. The van der Waals surface area contributed by atoms with Crippen molar-refractivity contribution in [3.63, 3.8) is 0 Å². The molecule has 1 saturated heterocycles. The first-order chi connectivity index (χ1) is 6.36. The quantitative estimate of drug-likeness (QED) is 0.754. The summed E-state index contributed by atoms with van der Waals surface area (Å²) in [5.74, 6) is 2.19. The first-order valence-electron chi connectivity index (χ1n) is 4.55. The van der Waals surface area contributed by atoms with Crippen LogP contribution in [0.1, 0.15) is 19.2 Å². The third-order valence-electron chi connectivity index (χ3n) is 2.37. The Labute approximate surface area is 81.9 Å². The average molecular weight is 198 g/mol. The van der Waals surface area contributed by atoms with Crippen molar-refractivity contribution < 1.29 is 0 Å². The fourth-order valence-corrected chi connectivity index (χ4v) is 2.77. The Morgan fingerprint density at radius 3 is 3.31 bits per heavy atom. The van der Waals surface area contributed by atoms with Gasteiger partial charge in [0.25, 0.3) is 0 Å². The molecule has 2 rings (SSSR count). The van der Waals surface area contributed by atoms with Gasteiger partial charge < -0.3 is 5.32 Å². The fourth-order valence-electron chi connectivity index (χ4n) is 1.54. The van der Waals surface area contributed by atoms with Crippen molar-refractivity contribution in [2.24, 2.45) is 0 Å². The van der Waals surface area contributed by atoms with Gasteiger partial charge in [-0.3, -0.25) is 5.10 Å². The molecule has 4 nitrogen and oxygen atoms in total. The molecule has 1 aliphatic rings. The number of hydrogen-bond acceptors (Lipinski definition) is 4. The predicted molar refractivity (Wildman–Crippen MR) is 53.5 cm³/mol. The van der Waals surface area contributed by atoms with E-state index in [-0.39, 0.29) is 0 Å². The van der Waals surface area contributed by atoms with Crippen molar-refractivity contribution in [2.75, 3.05) is 5.75 Å². The summed E-state index contributed by atoms with van der Waals surface area (Å²) in [5.41, 5.74) is 0. The van der Waals surface area contributed by atoms with Crippen molar-refractivity contribution in [3.05, 3.63) is 12.2 Å². The maximum atomic E-state index is 4.07. The highest BCUT2D eigenvalue weighted by Gasteiger charge is 2.23. The van der Waals surface area contributed by atoms with Gasteiger partial charge in [0.15, 0.2) is 0 Å². The lowest BCUT2D eigenvalue weighted by Crippen LogP contribution is -2.33. The van der Waals surface area contributed by atoms with Gasteiger partial charge in [-0.05, 0) is 12.2 Å². The predicted octanol–water partition coefficient (Wildman–Crippen LogP) is 0.788. The molecule has 72 valence electrons. The van der Waals surface area contributed by atoms with Gasteiger partial charge >= 0.3 is 0 Å². The Morgan fingerprint density at radius 1 is 1.77 bits per heavy atom. The summed E-state index contributed by atoms with van der Waals surface area (Å²) in [6.07, 6.45) is 2.81. The van der Waals surface area contributed by atoms with Gasteiger partial charge in [0.1, 0.15) is 12.2 Å². The summed E-state index contributed by atoms with van der Waals surface area (Å²) in [4.78, 5) is 4.07. The van der Waals surface area contributed by atoms with Crippen molar-refractivity contribution in [1.82, 2.24) is 20.5 Å². The van der Waals surface area contributed by atoms with E-state index in [1.807, 2.05) is 11.8 Å². The molecule has 0 aliphatic carbocycles. The van der Waals surface area contributed by atoms with Gasteiger partial charge in [0, 0.05) is 11.3 Å². The number of nitrogens with one attached hydrogen (secondary N) is 2. The zero-order valence-corrected chi connectivity index (χ0v) is 8.47. The molecule has 1 aliphatic heterocycles. The molecule has 0 bridgehead atoms. The highest BCUT2D eigenvalue weighted by atomic mass is 32.2. The number of aromatic amines is 1. The lowest BCUT2D eigenvalue weighted by molar-refractivity contribution is 0.504. The normalized spacial score (nSPS) is 28.1. The molecule has 2 unspecified atom stereocenters.